The summed E-state index contributed by atoms with van der Waals surface area (Å²) >= 11 is 1.43. The van der Waals surface area contributed by atoms with E-state index < -0.39 is 5.97 Å². The number of nitrogens with zero attached hydrogens (tertiary/aromatic N) is 1. The van der Waals surface area contributed by atoms with Crippen LogP contribution in [0.4, 0.5) is 0 Å². The number of carboxylic acids is 1. The van der Waals surface area contributed by atoms with Crippen LogP contribution in [0, 0.1) is 0 Å². The number of carboxylic acid groups (broad SMARTS) is 1. The molecule has 0 unspecified atom stereocenters. The summed E-state index contributed by atoms with van der Waals surface area (Å²) in [5.41, 5.74) is 0.164. The van der Waals surface area contributed by atoms with Crippen molar-refractivity contribution in [1.29, 1.82) is 0 Å². The lowest BCUT2D eigenvalue weighted by molar-refractivity contribution is 0.0691. The number of rotatable bonds is 2. The lowest BCUT2D eigenvalue weighted by Gasteiger charge is -2.20. The minimum absolute atomic E-state index is 0.164. The van der Waals surface area contributed by atoms with Crippen LogP contribution in [0.25, 0.3) is 0 Å². The van der Waals surface area contributed by atoms with E-state index >= 15 is 0 Å². The molecular weight excluding hydrogens is 200 g/mol. The van der Waals surface area contributed by atoms with E-state index in [-0.39, 0.29) is 11.7 Å². The molecule has 0 amide bonds. The minimum atomic E-state index is -0.941. The van der Waals surface area contributed by atoms with Crippen molar-refractivity contribution in [3.63, 3.8) is 0 Å². The predicted octanol–water partition coefficient (Wildman–Crippen LogP) is 1.66. The van der Waals surface area contributed by atoms with Crippen molar-refractivity contribution in [3.05, 3.63) is 16.1 Å². The van der Waals surface area contributed by atoms with Crippen LogP contribution in [-0.2, 0) is 0 Å². The third kappa shape index (κ3) is 1.93. The zero-order chi connectivity index (χ0) is 9.97. The van der Waals surface area contributed by atoms with Gasteiger partial charge in [0.05, 0.1) is 6.04 Å². The summed E-state index contributed by atoms with van der Waals surface area (Å²) in [7, 11) is 0. The van der Waals surface area contributed by atoms with Gasteiger partial charge in [-0.1, -0.05) is 6.42 Å². The van der Waals surface area contributed by atoms with Crippen LogP contribution in [0.2, 0.25) is 0 Å². The van der Waals surface area contributed by atoms with Crippen LogP contribution in [0.1, 0.15) is 40.8 Å². The van der Waals surface area contributed by atoms with Gasteiger partial charge in [-0.3, -0.25) is 0 Å². The van der Waals surface area contributed by atoms with Crippen molar-refractivity contribution in [3.8, 4) is 0 Å². The molecule has 0 bridgehead atoms. The van der Waals surface area contributed by atoms with Gasteiger partial charge in [0.15, 0.2) is 5.69 Å². The highest BCUT2D eigenvalue weighted by atomic mass is 32.1. The molecule has 0 aromatic carbocycles. The van der Waals surface area contributed by atoms with Gasteiger partial charge in [0.25, 0.3) is 0 Å². The first-order valence-electron chi connectivity index (χ1n) is 4.69. The molecule has 2 N–H and O–H groups in total. The average Bonchev–Trinajstić information content (AvgIpc) is 2.68. The smallest absolute Gasteiger partial charge is 0.355 e. The zero-order valence-corrected chi connectivity index (χ0v) is 8.51. The molecule has 0 radical (unpaired) electrons. The normalized spacial score (nSPS) is 22.1. The molecule has 5 heteroatoms. The quantitative estimate of drug-likeness (QED) is 0.782. The average molecular weight is 212 g/mol. The van der Waals surface area contributed by atoms with Gasteiger partial charge in [0.2, 0.25) is 0 Å². The SMILES string of the molecule is O=C(O)c1csc([C@@H]2CCCCN2)n1. The maximum Gasteiger partial charge on any atom is 0.355 e. The van der Waals surface area contributed by atoms with Crippen molar-refractivity contribution in [1.82, 2.24) is 10.3 Å². The largest absolute Gasteiger partial charge is 0.476 e. The molecule has 1 aliphatic heterocycles. The van der Waals surface area contributed by atoms with Gasteiger partial charge >= 0.3 is 5.97 Å². The van der Waals surface area contributed by atoms with Gasteiger partial charge in [-0.2, -0.15) is 0 Å². The fourth-order valence-corrected chi connectivity index (χ4v) is 2.51. The number of hydrogen-bond donors (Lipinski definition) is 2. The molecule has 14 heavy (non-hydrogen) atoms. The van der Waals surface area contributed by atoms with Crippen LogP contribution in [-0.4, -0.2) is 22.6 Å². The fourth-order valence-electron chi connectivity index (χ4n) is 1.61. The Labute approximate surface area is 86.0 Å². The molecule has 1 aromatic heterocycles. The minimum Gasteiger partial charge on any atom is -0.476 e. The molecule has 0 saturated carbocycles. The molecule has 1 saturated heterocycles. The number of aromatic nitrogens is 1. The second-order valence-corrected chi connectivity index (χ2v) is 4.27. The number of carbonyl (C=O) groups is 1. The fraction of sp³-hybridized carbons (Fsp3) is 0.556. The van der Waals surface area contributed by atoms with Crippen molar-refractivity contribution in [2.75, 3.05) is 6.54 Å². The molecular formula is C9H12N2O2S. The Morgan fingerprint density at radius 1 is 1.64 bits per heavy atom. The van der Waals surface area contributed by atoms with E-state index in [9.17, 15) is 4.79 Å². The second-order valence-electron chi connectivity index (χ2n) is 3.38. The van der Waals surface area contributed by atoms with Gasteiger partial charge in [-0.05, 0) is 19.4 Å². The first kappa shape index (κ1) is 9.61. The summed E-state index contributed by atoms with van der Waals surface area (Å²) in [4.78, 5) is 14.7. The van der Waals surface area contributed by atoms with Gasteiger partial charge in [0.1, 0.15) is 5.01 Å². The predicted molar refractivity (Wildman–Crippen MR) is 53.7 cm³/mol. The Hall–Kier alpha value is -0.940. The van der Waals surface area contributed by atoms with Gasteiger partial charge < -0.3 is 10.4 Å². The van der Waals surface area contributed by atoms with Crippen molar-refractivity contribution in [2.45, 2.75) is 25.3 Å². The summed E-state index contributed by atoms with van der Waals surface area (Å²) in [6.45, 7) is 1.01. The summed E-state index contributed by atoms with van der Waals surface area (Å²) in [5, 5.41) is 14.6. The standard InChI is InChI=1S/C9H12N2O2S/c12-9(13)7-5-14-8(11-7)6-3-1-2-4-10-6/h5-6,10H,1-4H2,(H,12,13)/t6-/m0/s1. The molecule has 2 heterocycles. The monoisotopic (exact) mass is 212 g/mol. The number of piperidine rings is 1. The van der Waals surface area contributed by atoms with Crippen LogP contribution in [0.5, 0.6) is 0 Å². The maximum absolute atomic E-state index is 10.6. The molecule has 1 fully saturated rings. The first-order valence-corrected chi connectivity index (χ1v) is 5.57. The lowest BCUT2D eigenvalue weighted by Crippen LogP contribution is -2.26. The van der Waals surface area contributed by atoms with Crippen molar-refractivity contribution in [2.24, 2.45) is 0 Å². The van der Waals surface area contributed by atoms with Crippen LogP contribution < -0.4 is 5.32 Å². The van der Waals surface area contributed by atoms with E-state index in [1.807, 2.05) is 0 Å². The third-order valence-electron chi connectivity index (χ3n) is 2.35. The van der Waals surface area contributed by atoms with E-state index in [1.54, 1.807) is 5.38 Å². The highest BCUT2D eigenvalue weighted by Gasteiger charge is 2.19. The molecule has 4 nitrogen and oxygen atoms in total. The van der Waals surface area contributed by atoms with Gasteiger partial charge in [-0.15, -0.1) is 11.3 Å². The molecule has 0 aliphatic carbocycles. The molecule has 1 aliphatic rings. The van der Waals surface area contributed by atoms with Crippen LogP contribution >= 0.6 is 11.3 Å². The Kier molecular flexibility index (Phi) is 2.79. The van der Waals surface area contributed by atoms with Gasteiger partial charge in [0, 0.05) is 5.38 Å². The van der Waals surface area contributed by atoms with E-state index in [1.165, 1.54) is 24.2 Å². The number of nitrogens with one attached hydrogen (secondary N) is 1. The van der Waals surface area contributed by atoms with Crippen LogP contribution in [0.15, 0.2) is 5.38 Å². The summed E-state index contributed by atoms with van der Waals surface area (Å²) in [6, 6.07) is 0.266. The van der Waals surface area contributed by atoms with E-state index in [2.05, 4.69) is 10.3 Å². The van der Waals surface area contributed by atoms with E-state index in [4.69, 9.17) is 5.11 Å². The summed E-state index contributed by atoms with van der Waals surface area (Å²) < 4.78 is 0. The van der Waals surface area contributed by atoms with Crippen molar-refractivity contribution >= 4 is 17.3 Å². The second kappa shape index (κ2) is 4.06. The third-order valence-corrected chi connectivity index (χ3v) is 3.31. The maximum atomic E-state index is 10.6. The lowest BCUT2D eigenvalue weighted by atomic mass is 10.1. The topological polar surface area (TPSA) is 62.2 Å². The van der Waals surface area contributed by atoms with E-state index in [0.29, 0.717) is 0 Å². The molecule has 1 atom stereocenters. The zero-order valence-electron chi connectivity index (χ0n) is 7.69. The molecule has 76 valence electrons. The molecule has 0 spiro atoms. The molecule has 2 rings (SSSR count). The number of thiazole rings is 1. The Morgan fingerprint density at radius 2 is 2.50 bits per heavy atom. The van der Waals surface area contributed by atoms with E-state index in [0.717, 1.165) is 18.0 Å². The first-order chi connectivity index (χ1) is 6.77. The van der Waals surface area contributed by atoms with Crippen LogP contribution in [0.3, 0.4) is 0 Å². The number of hydrogen-bond acceptors (Lipinski definition) is 4. The number of aromatic carboxylic acids is 1. The Balaban J connectivity index is 2.11. The van der Waals surface area contributed by atoms with Gasteiger partial charge in [-0.25, -0.2) is 9.78 Å². The highest BCUT2D eigenvalue weighted by molar-refractivity contribution is 7.09. The Morgan fingerprint density at radius 3 is 3.07 bits per heavy atom. The summed E-state index contributed by atoms with van der Waals surface area (Å²) in [5.74, 6) is -0.941. The highest BCUT2D eigenvalue weighted by Crippen LogP contribution is 2.25. The van der Waals surface area contributed by atoms with Crippen molar-refractivity contribution < 1.29 is 9.90 Å². The molecule has 1 aromatic rings. The Bertz CT molecular complexity index is 331. The summed E-state index contributed by atoms with van der Waals surface area (Å²) in [6.07, 6.45) is 3.46.